The van der Waals surface area contributed by atoms with Crippen LogP contribution in [-0.2, 0) is 4.79 Å². The number of nitrogens with zero attached hydrogens (tertiary/aromatic N) is 6. The molecule has 3 aromatic heterocycles. The average molecular weight is 462 g/mol. The maximum atomic E-state index is 13.0. The number of nitrogens with one attached hydrogen (secondary N) is 2. The maximum absolute atomic E-state index is 13.0. The van der Waals surface area contributed by atoms with E-state index in [4.69, 9.17) is 9.41 Å². The quantitative estimate of drug-likeness (QED) is 0.409. The molecule has 0 unspecified atom stereocenters. The third-order valence-corrected chi connectivity index (χ3v) is 5.41. The van der Waals surface area contributed by atoms with E-state index in [1.165, 1.54) is 0 Å². The van der Waals surface area contributed by atoms with Gasteiger partial charge in [-0.25, -0.2) is 14.7 Å². The average Bonchev–Trinajstić information content (AvgIpc) is 3.58. The van der Waals surface area contributed by atoms with E-state index in [0.29, 0.717) is 22.8 Å². The molecule has 0 bridgehead atoms. The van der Waals surface area contributed by atoms with E-state index in [1.807, 2.05) is 66.7 Å². The SMILES string of the molecule is O=C1Nc2ccccc2C(c2ccccc2)=N[C@@H]1Nc1nnc(-c2ccc(-n3cccn3)nc2)o1. The number of para-hydroxylation sites is 1. The third kappa shape index (κ3) is 4.04. The van der Waals surface area contributed by atoms with E-state index in [9.17, 15) is 4.79 Å². The first-order valence-corrected chi connectivity index (χ1v) is 10.8. The largest absolute Gasteiger partial charge is 0.403 e. The van der Waals surface area contributed by atoms with Crippen LogP contribution in [0.5, 0.6) is 0 Å². The summed E-state index contributed by atoms with van der Waals surface area (Å²) in [5.74, 6) is 0.582. The van der Waals surface area contributed by atoms with Crippen LogP contribution in [0.25, 0.3) is 17.3 Å². The molecule has 170 valence electrons. The van der Waals surface area contributed by atoms with E-state index in [-0.39, 0.29) is 17.8 Å². The molecule has 5 aromatic rings. The number of amides is 1. The number of hydrogen-bond donors (Lipinski definition) is 2. The van der Waals surface area contributed by atoms with Gasteiger partial charge in [0.1, 0.15) is 0 Å². The number of hydrogen-bond acceptors (Lipinski definition) is 8. The summed E-state index contributed by atoms with van der Waals surface area (Å²) in [5.41, 5.74) is 3.70. The van der Waals surface area contributed by atoms with Gasteiger partial charge in [-0.15, -0.1) is 5.10 Å². The molecule has 10 nitrogen and oxygen atoms in total. The zero-order valence-electron chi connectivity index (χ0n) is 18.2. The number of carbonyl (C=O) groups excluding carboxylic acids is 1. The van der Waals surface area contributed by atoms with Crippen molar-refractivity contribution < 1.29 is 9.21 Å². The van der Waals surface area contributed by atoms with Crippen LogP contribution in [0.2, 0.25) is 0 Å². The first-order valence-electron chi connectivity index (χ1n) is 10.8. The van der Waals surface area contributed by atoms with E-state index in [1.54, 1.807) is 29.3 Å². The van der Waals surface area contributed by atoms with Crippen molar-refractivity contribution in [1.82, 2.24) is 25.0 Å². The van der Waals surface area contributed by atoms with Gasteiger partial charge in [0.05, 0.1) is 17.0 Å². The van der Waals surface area contributed by atoms with Crippen molar-refractivity contribution in [3.05, 3.63) is 103 Å². The van der Waals surface area contributed by atoms with Crippen LogP contribution in [0.3, 0.4) is 0 Å². The van der Waals surface area contributed by atoms with Crippen LogP contribution in [0.4, 0.5) is 11.7 Å². The fourth-order valence-corrected chi connectivity index (χ4v) is 3.75. The second-order valence-corrected chi connectivity index (χ2v) is 7.69. The molecule has 2 aromatic carbocycles. The summed E-state index contributed by atoms with van der Waals surface area (Å²) < 4.78 is 7.41. The summed E-state index contributed by atoms with van der Waals surface area (Å²) in [7, 11) is 0. The van der Waals surface area contributed by atoms with Gasteiger partial charge in [-0.2, -0.15) is 5.10 Å². The first-order chi connectivity index (χ1) is 17.2. The predicted molar refractivity (Wildman–Crippen MR) is 129 cm³/mol. The van der Waals surface area contributed by atoms with Gasteiger partial charge < -0.3 is 15.1 Å². The lowest BCUT2D eigenvalue weighted by atomic mass is 10.0. The summed E-state index contributed by atoms with van der Waals surface area (Å²) in [4.78, 5) is 22.1. The summed E-state index contributed by atoms with van der Waals surface area (Å²) >= 11 is 0. The molecule has 1 atom stereocenters. The lowest BCUT2D eigenvalue weighted by Gasteiger charge is -2.11. The van der Waals surface area contributed by atoms with Gasteiger partial charge in [-0.1, -0.05) is 53.6 Å². The fraction of sp³-hybridized carbons (Fsp3) is 0.0400. The number of aliphatic imine (C=N–C) groups is 1. The smallest absolute Gasteiger partial charge is 0.317 e. The van der Waals surface area contributed by atoms with Gasteiger partial charge in [-0.05, 0) is 24.3 Å². The molecule has 1 aliphatic heterocycles. The van der Waals surface area contributed by atoms with Crippen LogP contribution < -0.4 is 10.6 Å². The number of rotatable bonds is 5. The normalized spacial score (nSPS) is 15.0. The Kier molecular flexibility index (Phi) is 5.08. The van der Waals surface area contributed by atoms with Crippen molar-refractivity contribution in [2.24, 2.45) is 4.99 Å². The number of benzodiazepines with no additional fused rings is 1. The molecular formula is C25H18N8O2. The Labute approximate surface area is 199 Å². The third-order valence-electron chi connectivity index (χ3n) is 5.41. The fourth-order valence-electron chi connectivity index (χ4n) is 3.75. The van der Waals surface area contributed by atoms with Crippen LogP contribution in [0.1, 0.15) is 11.1 Å². The van der Waals surface area contributed by atoms with Crippen LogP contribution in [-0.4, -0.2) is 42.7 Å². The van der Waals surface area contributed by atoms with E-state index in [0.717, 1.165) is 11.1 Å². The van der Waals surface area contributed by atoms with Gasteiger partial charge in [-0.3, -0.25) is 4.79 Å². The highest BCUT2D eigenvalue weighted by Gasteiger charge is 2.27. The number of benzene rings is 2. The van der Waals surface area contributed by atoms with Gasteiger partial charge in [0, 0.05) is 29.7 Å². The number of anilines is 2. The van der Waals surface area contributed by atoms with Crippen LogP contribution in [0, 0.1) is 0 Å². The first kappa shape index (κ1) is 20.5. The minimum atomic E-state index is -0.980. The molecule has 6 rings (SSSR count). The highest BCUT2D eigenvalue weighted by molar-refractivity contribution is 6.19. The van der Waals surface area contributed by atoms with E-state index < -0.39 is 6.17 Å². The summed E-state index contributed by atoms with van der Waals surface area (Å²) in [5, 5.41) is 18.2. The monoisotopic (exact) mass is 462 g/mol. The highest BCUT2D eigenvalue weighted by atomic mass is 16.4. The van der Waals surface area contributed by atoms with Crippen molar-refractivity contribution in [2.75, 3.05) is 10.6 Å². The second-order valence-electron chi connectivity index (χ2n) is 7.69. The summed E-state index contributed by atoms with van der Waals surface area (Å²) in [6.07, 6.45) is 4.12. The molecule has 2 N–H and O–H groups in total. The minimum absolute atomic E-state index is 0.0680. The molecule has 0 radical (unpaired) electrons. The van der Waals surface area contributed by atoms with Crippen molar-refractivity contribution >= 4 is 23.3 Å². The lowest BCUT2D eigenvalue weighted by molar-refractivity contribution is -0.116. The number of carbonyl (C=O) groups is 1. The highest BCUT2D eigenvalue weighted by Crippen LogP contribution is 2.25. The molecule has 1 amide bonds. The van der Waals surface area contributed by atoms with Gasteiger partial charge in [0.2, 0.25) is 6.17 Å². The Morgan fingerprint density at radius 1 is 0.914 bits per heavy atom. The molecule has 0 spiro atoms. The van der Waals surface area contributed by atoms with Crippen molar-refractivity contribution in [3.8, 4) is 17.3 Å². The standard InChI is InChI=1S/C25H18N8O2/c34-23-22(29-21(16-7-2-1-3-8-16)18-9-4-5-10-19(18)28-23)30-25-32-31-24(35-25)17-11-12-20(26-15-17)33-14-6-13-27-33/h1-15,22H,(H,28,34)(H,30,32)/t22-/m1/s1. The number of fused-ring (bicyclic) bond motifs is 1. The minimum Gasteiger partial charge on any atom is -0.403 e. The number of aromatic nitrogens is 5. The van der Waals surface area contributed by atoms with E-state index in [2.05, 4.69) is 30.9 Å². The lowest BCUT2D eigenvalue weighted by Crippen LogP contribution is -2.32. The molecule has 0 saturated carbocycles. The van der Waals surface area contributed by atoms with Gasteiger partial charge in [0.25, 0.3) is 11.8 Å². The molecule has 0 aliphatic carbocycles. The molecule has 4 heterocycles. The Balaban J connectivity index is 1.29. The predicted octanol–water partition coefficient (Wildman–Crippen LogP) is 3.55. The molecule has 35 heavy (non-hydrogen) atoms. The molecule has 10 heteroatoms. The zero-order chi connectivity index (χ0) is 23.6. The Bertz CT molecular complexity index is 1510. The topological polar surface area (TPSA) is 123 Å². The van der Waals surface area contributed by atoms with Crippen LogP contribution in [0.15, 0.2) is 101 Å². The van der Waals surface area contributed by atoms with E-state index >= 15 is 0 Å². The molecule has 0 fully saturated rings. The van der Waals surface area contributed by atoms with Crippen LogP contribution >= 0.6 is 0 Å². The summed E-state index contributed by atoms with van der Waals surface area (Å²) in [6, 6.07) is 22.7. The number of pyridine rings is 1. The molecule has 1 aliphatic rings. The zero-order valence-corrected chi connectivity index (χ0v) is 18.2. The Hall–Kier alpha value is -5.12. The van der Waals surface area contributed by atoms with Crippen molar-refractivity contribution in [1.29, 1.82) is 0 Å². The van der Waals surface area contributed by atoms with Gasteiger partial charge >= 0.3 is 6.01 Å². The van der Waals surface area contributed by atoms with Crippen molar-refractivity contribution in [3.63, 3.8) is 0 Å². The maximum Gasteiger partial charge on any atom is 0.317 e. The Morgan fingerprint density at radius 3 is 2.57 bits per heavy atom. The Morgan fingerprint density at radius 2 is 1.77 bits per heavy atom. The summed E-state index contributed by atoms with van der Waals surface area (Å²) in [6.45, 7) is 0. The second kappa shape index (κ2) is 8.67. The molecule has 0 saturated heterocycles. The molecular weight excluding hydrogens is 444 g/mol. The van der Waals surface area contributed by atoms with Gasteiger partial charge in [0.15, 0.2) is 5.82 Å². The van der Waals surface area contributed by atoms with Crippen molar-refractivity contribution in [2.45, 2.75) is 6.17 Å².